The maximum absolute atomic E-state index is 6.61. The van der Waals surface area contributed by atoms with Crippen LogP contribution in [0.25, 0.3) is 0 Å². The monoisotopic (exact) mass is 264 g/mol. The van der Waals surface area contributed by atoms with E-state index in [0.717, 1.165) is 29.6 Å². The fraction of sp³-hybridized carbons (Fsp3) is 1.00. The van der Waals surface area contributed by atoms with E-state index in [4.69, 9.17) is 4.74 Å². The summed E-state index contributed by atoms with van der Waals surface area (Å²) in [6.45, 7) is 9.68. The molecule has 1 saturated heterocycles. The van der Waals surface area contributed by atoms with E-state index in [2.05, 4.69) is 27.7 Å². The van der Waals surface area contributed by atoms with Crippen LogP contribution in [-0.2, 0) is 4.74 Å². The lowest BCUT2D eigenvalue weighted by Gasteiger charge is -2.55. The predicted octanol–water partition coefficient (Wildman–Crippen LogP) is 5.04. The summed E-state index contributed by atoms with van der Waals surface area (Å²) in [7, 11) is 0. The Morgan fingerprint density at radius 3 is 2.42 bits per heavy atom. The zero-order chi connectivity index (χ0) is 13.6. The molecule has 1 heterocycles. The molecule has 0 radical (unpaired) electrons. The molecular weight excluding hydrogens is 232 g/mol. The van der Waals surface area contributed by atoms with E-state index in [1.165, 1.54) is 44.9 Å². The summed E-state index contributed by atoms with van der Waals surface area (Å²) in [5.41, 5.74) is 0.118. The zero-order valence-corrected chi connectivity index (χ0v) is 13.3. The van der Waals surface area contributed by atoms with Crippen LogP contribution < -0.4 is 0 Å². The topological polar surface area (TPSA) is 9.23 Å². The van der Waals surface area contributed by atoms with Crippen molar-refractivity contribution in [2.45, 2.75) is 84.3 Å². The number of ether oxygens (including phenoxy) is 1. The molecule has 1 aliphatic heterocycles. The molecule has 3 aliphatic rings. The first-order valence-corrected chi connectivity index (χ1v) is 8.67. The van der Waals surface area contributed by atoms with E-state index < -0.39 is 0 Å². The van der Waals surface area contributed by atoms with Gasteiger partial charge in [0.15, 0.2) is 0 Å². The van der Waals surface area contributed by atoms with Crippen molar-refractivity contribution in [1.82, 2.24) is 0 Å². The summed E-state index contributed by atoms with van der Waals surface area (Å²) in [4.78, 5) is 0. The fourth-order valence-electron chi connectivity index (χ4n) is 5.53. The molecule has 3 rings (SSSR count). The Morgan fingerprint density at radius 2 is 1.63 bits per heavy atom. The lowest BCUT2D eigenvalue weighted by molar-refractivity contribution is -0.216. The van der Waals surface area contributed by atoms with Gasteiger partial charge in [0.1, 0.15) is 0 Å². The summed E-state index contributed by atoms with van der Waals surface area (Å²) >= 11 is 0. The molecule has 0 spiro atoms. The third kappa shape index (κ3) is 2.48. The second-order valence-corrected chi connectivity index (χ2v) is 8.28. The summed E-state index contributed by atoms with van der Waals surface area (Å²) < 4.78 is 6.61. The molecule has 0 aromatic heterocycles. The largest absolute Gasteiger partial charge is 0.372 e. The van der Waals surface area contributed by atoms with Crippen LogP contribution in [0.4, 0.5) is 0 Å². The molecule has 19 heavy (non-hydrogen) atoms. The van der Waals surface area contributed by atoms with Crippen molar-refractivity contribution in [3.8, 4) is 0 Å². The van der Waals surface area contributed by atoms with Gasteiger partial charge in [0.05, 0.1) is 11.7 Å². The Hall–Kier alpha value is -0.0400. The van der Waals surface area contributed by atoms with E-state index in [0.29, 0.717) is 6.10 Å². The van der Waals surface area contributed by atoms with Gasteiger partial charge in [-0.15, -0.1) is 0 Å². The summed E-state index contributed by atoms with van der Waals surface area (Å²) in [5, 5.41) is 0. The third-order valence-corrected chi connectivity index (χ3v) is 6.56. The summed E-state index contributed by atoms with van der Waals surface area (Å²) in [6.07, 6.45) is 10.4. The van der Waals surface area contributed by atoms with Gasteiger partial charge in [-0.1, -0.05) is 39.5 Å². The number of hydrogen-bond acceptors (Lipinski definition) is 1. The minimum Gasteiger partial charge on any atom is -0.372 e. The van der Waals surface area contributed by atoms with Gasteiger partial charge in [0.2, 0.25) is 0 Å². The van der Waals surface area contributed by atoms with Crippen molar-refractivity contribution in [1.29, 1.82) is 0 Å². The highest BCUT2D eigenvalue weighted by Gasteiger charge is 2.51. The smallest absolute Gasteiger partial charge is 0.0661 e. The third-order valence-electron chi connectivity index (χ3n) is 6.56. The molecule has 2 saturated carbocycles. The average molecular weight is 264 g/mol. The van der Waals surface area contributed by atoms with Crippen LogP contribution >= 0.6 is 0 Å². The van der Waals surface area contributed by atoms with Crippen molar-refractivity contribution in [2.75, 3.05) is 0 Å². The number of rotatable bonds is 0. The van der Waals surface area contributed by atoms with Crippen LogP contribution in [0.5, 0.6) is 0 Å². The van der Waals surface area contributed by atoms with E-state index in [-0.39, 0.29) is 5.60 Å². The molecule has 2 aliphatic carbocycles. The fourth-order valence-corrected chi connectivity index (χ4v) is 5.53. The van der Waals surface area contributed by atoms with E-state index in [9.17, 15) is 0 Å². The van der Waals surface area contributed by atoms with Gasteiger partial charge in [-0.25, -0.2) is 0 Å². The van der Waals surface area contributed by atoms with Gasteiger partial charge >= 0.3 is 0 Å². The van der Waals surface area contributed by atoms with Crippen molar-refractivity contribution in [3.63, 3.8) is 0 Å². The lowest BCUT2D eigenvalue weighted by Crippen LogP contribution is -2.55. The zero-order valence-electron chi connectivity index (χ0n) is 13.3. The highest BCUT2D eigenvalue weighted by atomic mass is 16.5. The van der Waals surface area contributed by atoms with Gasteiger partial charge in [0, 0.05) is 0 Å². The molecule has 110 valence electrons. The van der Waals surface area contributed by atoms with Gasteiger partial charge in [-0.2, -0.15) is 0 Å². The van der Waals surface area contributed by atoms with Gasteiger partial charge in [0.25, 0.3) is 0 Å². The Morgan fingerprint density at radius 1 is 0.895 bits per heavy atom. The number of fused-ring (bicyclic) bond motifs is 3. The van der Waals surface area contributed by atoms with Crippen molar-refractivity contribution in [3.05, 3.63) is 0 Å². The predicted molar refractivity (Wildman–Crippen MR) is 80.1 cm³/mol. The normalized spacial score (nSPS) is 49.9. The molecule has 0 N–H and O–H groups in total. The first kappa shape index (κ1) is 13.9. The molecule has 0 aromatic carbocycles. The minimum atomic E-state index is 0.118. The van der Waals surface area contributed by atoms with Crippen molar-refractivity contribution < 1.29 is 4.74 Å². The molecule has 5 unspecified atom stereocenters. The van der Waals surface area contributed by atoms with Crippen LogP contribution in [0.2, 0.25) is 0 Å². The molecule has 0 amide bonds. The Bertz CT molecular complexity index is 320. The van der Waals surface area contributed by atoms with Crippen LogP contribution in [-0.4, -0.2) is 11.7 Å². The molecule has 0 aromatic rings. The molecule has 1 heteroatoms. The van der Waals surface area contributed by atoms with Crippen LogP contribution in [0.3, 0.4) is 0 Å². The second kappa shape index (κ2) is 5.06. The standard InChI is InChI=1S/C18H32O/c1-12-8-10-14-15(11-9-12)18(3,4)19-16-7-5-6-13(2)17(14)16/h12-17H,5-11H2,1-4H3/t12?,13?,14?,15?,16-,17?/m1/s1. The lowest BCUT2D eigenvalue weighted by atomic mass is 9.60. The Labute approximate surface area is 119 Å². The van der Waals surface area contributed by atoms with Gasteiger partial charge in [-0.05, 0) is 62.7 Å². The molecular formula is C18H32O. The Kier molecular flexibility index (Phi) is 3.71. The van der Waals surface area contributed by atoms with Crippen LogP contribution in [0.1, 0.15) is 72.6 Å². The van der Waals surface area contributed by atoms with Crippen LogP contribution in [0, 0.1) is 29.6 Å². The second-order valence-electron chi connectivity index (χ2n) is 8.28. The maximum Gasteiger partial charge on any atom is 0.0661 e. The average Bonchev–Trinajstić information content (AvgIpc) is 2.52. The quantitative estimate of drug-likeness (QED) is 0.595. The first-order valence-electron chi connectivity index (χ1n) is 8.67. The van der Waals surface area contributed by atoms with Gasteiger partial charge < -0.3 is 4.74 Å². The minimum absolute atomic E-state index is 0.118. The summed E-state index contributed by atoms with van der Waals surface area (Å²) in [5.74, 6) is 4.42. The first-order chi connectivity index (χ1) is 8.99. The highest BCUT2D eigenvalue weighted by molar-refractivity contribution is 5.00. The van der Waals surface area contributed by atoms with Crippen molar-refractivity contribution in [2.24, 2.45) is 29.6 Å². The van der Waals surface area contributed by atoms with Crippen LogP contribution in [0.15, 0.2) is 0 Å². The van der Waals surface area contributed by atoms with E-state index in [1.807, 2.05) is 0 Å². The molecule has 3 fully saturated rings. The van der Waals surface area contributed by atoms with E-state index in [1.54, 1.807) is 0 Å². The molecule has 6 atom stereocenters. The number of hydrogen-bond donors (Lipinski definition) is 0. The van der Waals surface area contributed by atoms with Gasteiger partial charge in [-0.3, -0.25) is 0 Å². The van der Waals surface area contributed by atoms with Crippen molar-refractivity contribution >= 4 is 0 Å². The van der Waals surface area contributed by atoms with E-state index >= 15 is 0 Å². The molecule has 0 bridgehead atoms. The maximum atomic E-state index is 6.61. The Balaban J connectivity index is 1.89. The summed E-state index contributed by atoms with van der Waals surface area (Å²) in [6, 6.07) is 0. The highest BCUT2D eigenvalue weighted by Crippen LogP contribution is 2.53. The molecule has 1 nitrogen and oxygen atoms in total. The SMILES string of the molecule is CC1CCC2C3C(C)CCC[C@H]3OC(C)(C)C2CC1.